The lowest BCUT2D eigenvalue weighted by molar-refractivity contribution is -0.133. The van der Waals surface area contributed by atoms with E-state index in [9.17, 15) is 22.8 Å². The lowest BCUT2D eigenvalue weighted by Crippen LogP contribution is -2.31. The molecule has 2 aromatic heterocycles. The van der Waals surface area contributed by atoms with Gasteiger partial charge in [0.05, 0.1) is 20.0 Å². The van der Waals surface area contributed by atoms with Gasteiger partial charge in [-0.2, -0.15) is 18.3 Å². The predicted molar refractivity (Wildman–Crippen MR) is 107 cm³/mol. The first-order valence-corrected chi connectivity index (χ1v) is 10.1. The summed E-state index contributed by atoms with van der Waals surface area (Å²) in [5.74, 6) is 0.578. The van der Waals surface area contributed by atoms with Crippen molar-refractivity contribution >= 4 is 17.8 Å². The number of methoxy groups -OCH3 is 1. The molecule has 1 aliphatic rings. The second kappa shape index (κ2) is 10.3. The molecule has 0 aliphatic heterocycles. The van der Waals surface area contributed by atoms with Crippen LogP contribution in [-0.2, 0) is 16.0 Å². The number of carbonyl (C=O) groups is 2. The Balaban J connectivity index is 1.44. The van der Waals surface area contributed by atoms with E-state index < -0.39 is 31.3 Å². The molecule has 174 valence electrons. The van der Waals surface area contributed by atoms with Crippen molar-refractivity contribution in [2.24, 2.45) is 0 Å². The summed E-state index contributed by atoms with van der Waals surface area (Å²) in [6.45, 7) is -0.519. The average Bonchev–Trinajstić information content (AvgIpc) is 3.36. The predicted octanol–water partition coefficient (Wildman–Crippen LogP) is 3.31. The Labute approximate surface area is 182 Å². The highest BCUT2D eigenvalue weighted by Crippen LogP contribution is 2.35. The van der Waals surface area contributed by atoms with Crippen molar-refractivity contribution in [3.63, 3.8) is 0 Å². The van der Waals surface area contributed by atoms with Crippen LogP contribution >= 0.6 is 0 Å². The summed E-state index contributed by atoms with van der Waals surface area (Å²) in [6.07, 6.45) is -3.18. The van der Waals surface area contributed by atoms with Gasteiger partial charge in [-0.15, -0.1) is 0 Å². The van der Waals surface area contributed by atoms with Crippen molar-refractivity contribution in [3.05, 3.63) is 35.7 Å². The van der Waals surface area contributed by atoms with Gasteiger partial charge < -0.3 is 20.1 Å². The quantitative estimate of drug-likeness (QED) is 0.562. The third kappa shape index (κ3) is 7.13. The van der Waals surface area contributed by atoms with Crippen molar-refractivity contribution in [1.29, 1.82) is 0 Å². The smallest absolute Gasteiger partial charge is 0.407 e. The summed E-state index contributed by atoms with van der Waals surface area (Å²) in [4.78, 5) is 27.9. The molecule has 0 spiro atoms. The first kappa shape index (κ1) is 23.4. The first-order chi connectivity index (χ1) is 15.2. The summed E-state index contributed by atoms with van der Waals surface area (Å²) >= 11 is 0. The van der Waals surface area contributed by atoms with Gasteiger partial charge in [0.1, 0.15) is 6.10 Å². The number of aromatic nitrogens is 3. The molecule has 1 saturated carbocycles. The van der Waals surface area contributed by atoms with Crippen molar-refractivity contribution in [2.75, 3.05) is 19.0 Å². The number of alkyl carbamates (subject to hydrolysis) is 1. The zero-order chi connectivity index (χ0) is 23.1. The molecule has 3 rings (SSSR count). The molecule has 9 nitrogen and oxygen atoms in total. The monoisotopic (exact) mass is 455 g/mol. The minimum Gasteiger partial charge on any atom is -0.481 e. The number of anilines is 1. The maximum Gasteiger partial charge on any atom is 0.407 e. The van der Waals surface area contributed by atoms with E-state index in [0.29, 0.717) is 31.0 Å². The molecule has 0 unspecified atom stereocenters. The SMILES string of the molecule is COc1cc(CC(=O)Nc2cc([C@H]3CC[C@@H](OC(=O)NCCC(F)(F)F)C3)[nH]n2)ccn1. The standard InChI is InChI=1S/C20H24F3N5O4/c1-31-18-9-12(4-6-24-18)8-17(29)26-16-11-15(27-28-16)13-2-3-14(10-13)32-19(30)25-7-5-20(21,22)23/h4,6,9,11,13-14H,2-3,5,7-8,10H2,1H3,(H,25,30)(H2,26,27,28,29)/t13-,14+/m0/s1. The second-order valence-corrected chi connectivity index (χ2v) is 7.47. The van der Waals surface area contributed by atoms with Crippen LogP contribution in [0, 0.1) is 0 Å². The molecule has 2 amide bonds. The van der Waals surface area contributed by atoms with Crippen LogP contribution in [-0.4, -0.2) is 53.1 Å². The van der Waals surface area contributed by atoms with Crippen LogP contribution in [0.4, 0.5) is 23.8 Å². The normalized spacial score (nSPS) is 18.2. The average molecular weight is 455 g/mol. The number of rotatable bonds is 8. The molecule has 2 atom stereocenters. The van der Waals surface area contributed by atoms with Gasteiger partial charge in [-0.05, 0) is 30.9 Å². The van der Waals surface area contributed by atoms with Crippen LogP contribution in [0.15, 0.2) is 24.4 Å². The number of nitrogens with one attached hydrogen (secondary N) is 3. The lowest BCUT2D eigenvalue weighted by Gasteiger charge is -2.13. The van der Waals surface area contributed by atoms with Gasteiger partial charge in [0.15, 0.2) is 5.82 Å². The third-order valence-corrected chi connectivity index (χ3v) is 5.01. The molecule has 2 aromatic rings. The maximum absolute atomic E-state index is 12.3. The largest absolute Gasteiger partial charge is 0.481 e. The van der Waals surface area contributed by atoms with Crippen LogP contribution in [0.3, 0.4) is 0 Å². The maximum atomic E-state index is 12.3. The van der Waals surface area contributed by atoms with Crippen molar-refractivity contribution in [1.82, 2.24) is 20.5 Å². The molecule has 1 fully saturated rings. The number of aromatic amines is 1. The number of alkyl halides is 3. The summed E-state index contributed by atoms with van der Waals surface area (Å²) in [6, 6.07) is 5.12. The fourth-order valence-electron chi connectivity index (χ4n) is 3.48. The van der Waals surface area contributed by atoms with E-state index in [4.69, 9.17) is 9.47 Å². The molecule has 0 radical (unpaired) electrons. The number of hydrogen-bond acceptors (Lipinski definition) is 6. The fourth-order valence-corrected chi connectivity index (χ4v) is 3.48. The highest BCUT2D eigenvalue weighted by Gasteiger charge is 2.31. The molecule has 1 aliphatic carbocycles. The van der Waals surface area contributed by atoms with Gasteiger partial charge in [0.2, 0.25) is 11.8 Å². The summed E-state index contributed by atoms with van der Waals surface area (Å²) in [5.41, 5.74) is 1.53. The van der Waals surface area contributed by atoms with Crippen molar-refractivity contribution in [3.8, 4) is 5.88 Å². The zero-order valence-electron chi connectivity index (χ0n) is 17.4. The van der Waals surface area contributed by atoms with Gasteiger partial charge in [-0.3, -0.25) is 9.89 Å². The van der Waals surface area contributed by atoms with Crippen molar-refractivity contribution in [2.45, 2.75) is 50.3 Å². The lowest BCUT2D eigenvalue weighted by atomic mass is 10.0. The minimum atomic E-state index is -4.33. The number of halogens is 3. The van der Waals surface area contributed by atoms with E-state index in [0.717, 1.165) is 11.3 Å². The molecule has 32 heavy (non-hydrogen) atoms. The highest BCUT2D eigenvalue weighted by molar-refractivity contribution is 5.91. The Bertz CT molecular complexity index is 934. The molecule has 12 heteroatoms. The minimum absolute atomic E-state index is 0.0330. The van der Waals surface area contributed by atoms with Gasteiger partial charge in [0.25, 0.3) is 0 Å². The van der Waals surface area contributed by atoms with Gasteiger partial charge >= 0.3 is 12.3 Å². The zero-order valence-corrected chi connectivity index (χ0v) is 17.4. The molecule has 0 saturated heterocycles. The Kier molecular flexibility index (Phi) is 7.54. The Morgan fingerprint density at radius 2 is 2.09 bits per heavy atom. The number of carbonyl (C=O) groups excluding carboxylic acids is 2. The Morgan fingerprint density at radius 1 is 1.28 bits per heavy atom. The van der Waals surface area contributed by atoms with Crippen LogP contribution in [0.1, 0.15) is 42.9 Å². The molecule has 3 N–H and O–H groups in total. The van der Waals surface area contributed by atoms with Crippen LogP contribution < -0.4 is 15.4 Å². The van der Waals surface area contributed by atoms with E-state index in [1.165, 1.54) is 7.11 Å². The van der Waals surface area contributed by atoms with Gasteiger partial charge in [-0.1, -0.05) is 0 Å². The summed E-state index contributed by atoms with van der Waals surface area (Å²) in [7, 11) is 1.50. The number of H-pyrrole nitrogens is 1. The third-order valence-electron chi connectivity index (χ3n) is 5.01. The molecule has 2 heterocycles. The number of pyridine rings is 1. The molecular weight excluding hydrogens is 431 g/mol. The van der Waals surface area contributed by atoms with Crippen molar-refractivity contribution < 1.29 is 32.2 Å². The molecular formula is C20H24F3N5O4. The van der Waals surface area contributed by atoms with Crippen LogP contribution in [0.2, 0.25) is 0 Å². The van der Waals surface area contributed by atoms with E-state index in [2.05, 4.69) is 25.8 Å². The second-order valence-electron chi connectivity index (χ2n) is 7.47. The Morgan fingerprint density at radius 3 is 2.84 bits per heavy atom. The number of nitrogens with zero attached hydrogens (tertiary/aromatic N) is 2. The Hall–Kier alpha value is -3.31. The number of ether oxygens (including phenoxy) is 2. The molecule has 0 aromatic carbocycles. The van der Waals surface area contributed by atoms with Gasteiger partial charge in [-0.25, -0.2) is 9.78 Å². The van der Waals surface area contributed by atoms with E-state index in [1.54, 1.807) is 24.4 Å². The van der Waals surface area contributed by atoms with E-state index in [1.807, 2.05) is 0 Å². The van der Waals surface area contributed by atoms with E-state index >= 15 is 0 Å². The number of amides is 2. The van der Waals surface area contributed by atoms with Crippen LogP contribution in [0.5, 0.6) is 5.88 Å². The topological polar surface area (TPSA) is 118 Å². The van der Waals surface area contributed by atoms with Gasteiger partial charge in [0, 0.05) is 36.5 Å². The van der Waals surface area contributed by atoms with Crippen LogP contribution in [0.25, 0.3) is 0 Å². The fraction of sp³-hybridized carbons (Fsp3) is 0.500. The molecule has 0 bridgehead atoms. The summed E-state index contributed by atoms with van der Waals surface area (Å²) < 4.78 is 46.6. The summed E-state index contributed by atoms with van der Waals surface area (Å²) in [5, 5.41) is 11.8. The highest BCUT2D eigenvalue weighted by atomic mass is 19.4. The first-order valence-electron chi connectivity index (χ1n) is 10.1. The van der Waals surface area contributed by atoms with E-state index in [-0.39, 0.29) is 18.2 Å². The number of hydrogen-bond donors (Lipinski definition) is 3.